The molecule has 2 aliphatic heterocycles. The van der Waals surface area contributed by atoms with E-state index < -0.39 is 0 Å². The maximum absolute atomic E-state index is 12.8. The minimum Gasteiger partial charge on any atom is -0.493 e. The molecule has 0 aromatic heterocycles. The predicted octanol–water partition coefficient (Wildman–Crippen LogP) is 9.03. The van der Waals surface area contributed by atoms with Gasteiger partial charge in [0, 0.05) is 55.6 Å². The van der Waals surface area contributed by atoms with Crippen molar-refractivity contribution in [1.29, 1.82) is 0 Å². The lowest BCUT2D eigenvalue weighted by Gasteiger charge is -2.46. The first-order valence-electron chi connectivity index (χ1n) is 25.4. The van der Waals surface area contributed by atoms with Gasteiger partial charge >= 0.3 is 11.9 Å². The number of carbonyl (C=O) groups is 2. The van der Waals surface area contributed by atoms with E-state index >= 15 is 0 Å². The van der Waals surface area contributed by atoms with Gasteiger partial charge in [-0.25, -0.2) is 0 Å². The van der Waals surface area contributed by atoms with Gasteiger partial charge in [-0.1, -0.05) is 12.2 Å². The zero-order valence-electron chi connectivity index (χ0n) is 45.9. The van der Waals surface area contributed by atoms with Crippen molar-refractivity contribution in [3.8, 4) is 57.5 Å². The molecule has 2 unspecified atom stereocenters. The lowest BCUT2D eigenvalue weighted by atomic mass is 9.84. The van der Waals surface area contributed by atoms with Gasteiger partial charge in [0.15, 0.2) is 46.0 Å². The Hall–Kier alpha value is -6.52. The molecule has 6 rings (SSSR count). The number of ether oxygens (including phenoxy) is 12. The van der Waals surface area contributed by atoms with Gasteiger partial charge in [-0.2, -0.15) is 0 Å². The van der Waals surface area contributed by atoms with Crippen LogP contribution in [0.5, 0.6) is 57.5 Å². The Morgan fingerprint density at radius 3 is 1.42 bits per heavy atom. The van der Waals surface area contributed by atoms with Crippen LogP contribution >= 0.6 is 0 Å². The smallest absolute Gasteiger partial charge is 0.306 e. The molecule has 16 nitrogen and oxygen atoms in total. The summed E-state index contributed by atoms with van der Waals surface area (Å²) in [5.41, 5.74) is 6.95. The third-order valence-electron chi connectivity index (χ3n) is 14.7. The number of rotatable bonds is 28. The summed E-state index contributed by atoms with van der Waals surface area (Å²) in [6, 6.07) is 16.5. The van der Waals surface area contributed by atoms with Crippen LogP contribution in [0.2, 0.25) is 0 Å². The van der Waals surface area contributed by atoms with Crippen molar-refractivity contribution in [2.45, 2.75) is 76.3 Å². The Bertz CT molecular complexity index is 2510. The Balaban J connectivity index is 0.951. The number of esters is 2. The highest BCUT2D eigenvalue weighted by Crippen LogP contribution is 2.46. The van der Waals surface area contributed by atoms with Crippen LogP contribution in [0.15, 0.2) is 60.7 Å². The monoisotopic (exact) mass is 1030 g/mol. The minimum atomic E-state index is -0.244. The third-order valence-corrected chi connectivity index (χ3v) is 14.7. The molecule has 4 atom stereocenters. The molecule has 0 amide bonds. The second-order valence-corrected chi connectivity index (χ2v) is 19.6. The zero-order valence-corrected chi connectivity index (χ0v) is 45.9. The number of carbonyl (C=O) groups excluding carboxylic acids is 2. The molecule has 0 N–H and O–H groups in total. The third kappa shape index (κ3) is 13.8. The van der Waals surface area contributed by atoms with E-state index in [9.17, 15) is 9.59 Å². The van der Waals surface area contributed by atoms with Crippen molar-refractivity contribution >= 4 is 11.9 Å². The maximum atomic E-state index is 12.8. The highest BCUT2D eigenvalue weighted by Gasteiger charge is 2.41. The topological polar surface area (TPSA) is 145 Å². The van der Waals surface area contributed by atoms with E-state index in [1.807, 2.05) is 36.4 Å². The molecule has 74 heavy (non-hydrogen) atoms. The Kier molecular flexibility index (Phi) is 20.4. The van der Waals surface area contributed by atoms with E-state index in [1.165, 1.54) is 22.3 Å². The largest absolute Gasteiger partial charge is 0.493 e. The van der Waals surface area contributed by atoms with E-state index in [-0.39, 0.29) is 36.7 Å². The summed E-state index contributed by atoms with van der Waals surface area (Å²) in [4.78, 5) is 25.6. The van der Waals surface area contributed by atoms with Crippen LogP contribution in [0.3, 0.4) is 0 Å². The van der Waals surface area contributed by atoms with E-state index in [0.717, 1.165) is 65.7 Å². The average Bonchev–Trinajstić information content (AvgIpc) is 3.41. The molecule has 4 aromatic rings. The van der Waals surface area contributed by atoms with Crippen LogP contribution in [0.4, 0.5) is 0 Å². The highest BCUT2D eigenvalue weighted by molar-refractivity contribution is 5.70. The first kappa shape index (κ1) is 56.8. The zero-order chi connectivity index (χ0) is 53.4. The maximum Gasteiger partial charge on any atom is 0.306 e. The molecule has 0 saturated heterocycles. The summed E-state index contributed by atoms with van der Waals surface area (Å²) in [7, 11) is 20.9. The van der Waals surface area contributed by atoms with Gasteiger partial charge in [0.2, 0.25) is 11.5 Å². The molecule has 0 bridgehead atoms. The molecule has 0 radical (unpaired) electrons. The molecule has 0 saturated carbocycles. The molecule has 0 spiro atoms. The lowest BCUT2D eigenvalue weighted by molar-refractivity contribution is -0.941. The van der Waals surface area contributed by atoms with E-state index in [4.69, 9.17) is 56.8 Å². The van der Waals surface area contributed by atoms with Crippen LogP contribution in [-0.2, 0) is 44.9 Å². The lowest BCUT2D eigenvalue weighted by Crippen LogP contribution is -2.52. The minimum absolute atomic E-state index is 0.0564. The van der Waals surface area contributed by atoms with Gasteiger partial charge in [0.05, 0.1) is 125 Å². The van der Waals surface area contributed by atoms with Crippen LogP contribution in [-0.4, -0.2) is 145 Å². The van der Waals surface area contributed by atoms with Crippen molar-refractivity contribution in [1.82, 2.24) is 0 Å². The fourth-order valence-corrected chi connectivity index (χ4v) is 10.9. The van der Waals surface area contributed by atoms with Gasteiger partial charge in [-0.05, 0) is 90.0 Å². The summed E-state index contributed by atoms with van der Waals surface area (Å²) in [5.74, 6) is 6.00. The van der Waals surface area contributed by atoms with Gasteiger partial charge in [-0.15, -0.1) is 0 Å². The summed E-state index contributed by atoms with van der Waals surface area (Å²) in [6.07, 6.45) is 9.16. The van der Waals surface area contributed by atoms with Crippen LogP contribution < -0.4 is 47.4 Å². The molecule has 4 aromatic carbocycles. The van der Waals surface area contributed by atoms with Crippen LogP contribution in [0, 0.1) is 0 Å². The molecule has 404 valence electrons. The van der Waals surface area contributed by atoms with Crippen molar-refractivity contribution in [2.24, 2.45) is 0 Å². The molecular formula is C58H80N2O14+2. The number of hydrogen-bond acceptors (Lipinski definition) is 14. The molecule has 0 fully saturated rings. The van der Waals surface area contributed by atoms with E-state index in [2.05, 4.69) is 38.4 Å². The Morgan fingerprint density at radius 1 is 0.514 bits per heavy atom. The fraction of sp³-hybridized carbons (Fsp3) is 0.517. The second kappa shape index (κ2) is 26.6. The number of nitrogens with zero attached hydrogens (tertiary/aromatic N) is 2. The molecule has 2 aliphatic rings. The summed E-state index contributed by atoms with van der Waals surface area (Å²) in [5, 5.41) is 0. The first-order chi connectivity index (χ1) is 35.7. The van der Waals surface area contributed by atoms with E-state index in [0.29, 0.717) is 103 Å². The first-order valence-corrected chi connectivity index (χ1v) is 25.4. The Morgan fingerprint density at radius 2 is 0.946 bits per heavy atom. The van der Waals surface area contributed by atoms with Gasteiger partial charge in [-0.3, -0.25) is 9.59 Å². The van der Waals surface area contributed by atoms with Crippen LogP contribution in [0.25, 0.3) is 0 Å². The number of benzene rings is 4. The summed E-state index contributed by atoms with van der Waals surface area (Å²) < 4.78 is 69.7. The molecule has 16 heteroatoms. The van der Waals surface area contributed by atoms with Gasteiger partial charge in [0.25, 0.3) is 0 Å². The predicted molar refractivity (Wildman–Crippen MR) is 282 cm³/mol. The standard InChI is InChI=1S/C58H80N2O14/c1-59(37-42(44-35-49(65-5)48(64-4)34-43(44)38-59)27-39-29-51(67-7)57(71-11)52(30-39)68-8)22-17-25-73-55(61)19-15-13-14-16-20-56(62)74-26-18-23-60(2)24-21-41-33-47(63-3)50(66-6)36-45(41)46(60)28-40-31-53(69-9)58(72-12)54(32-40)70-10/h13-14,29-36,42,46H,15-28,37-38H2,1-12H3/q+2/b14-13+/t42-,46+,59?,60?/m1/s1/i1+1,2+1,55+1,56+1. The quantitative estimate of drug-likeness (QED) is 0.0175. The van der Waals surface area contributed by atoms with Crippen molar-refractivity contribution < 1.29 is 75.4 Å². The molecule has 2 heterocycles. The second-order valence-electron chi connectivity index (χ2n) is 19.6. The SMILES string of the molecule is COc1cc2c(cc1OC)[C@H](Cc1cc(OC)c(OC)c(OC)c1)C[N+]([13CH3])(CCCO[13C](=O)CC/C=C/CC[13C](=O)OCCC[N+]1([13CH3])CCc3cc(OC)c(OC)cc3[C@@H]1Cc1cc(OC)c(OC)c(OC)c1)C2. The number of hydrogen-bond donors (Lipinski definition) is 0. The molecule has 0 aliphatic carbocycles. The van der Waals surface area contributed by atoms with Crippen LogP contribution in [0.1, 0.15) is 83.9 Å². The summed E-state index contributed by atoms with van der Waals surface area (Å²) in [6.45, 7) is 4.83. The fourth-order valence-electron chi connectivity index (χ4n) is 10.9. The summed E-state index contributed by atoms with van der Waals surface area (Å²) >= 11 is 0. The number of likely N-dealkylation sites (N-methyl/N-ethyl adjacent to an activating group) is 2. The number of quaternary nitrogens is 2. The van der Waals surface area contributed by atoms with E-state index in [1.54, 1.807) is 71.1 Å². The molecular weight excluding hydrogens is 953 g/mol. The average molecular weight is 1030 g/mol. The van der Waals surface area contributed by atoms with Crippen molar-refractivity contribution in [3.05, 3.63) is 94.1 Å². The van der Waals surface area contributed by atoms with Crippen molar-refractivity contribution in [2.75, 3.05) is 125 Å². The highest BCUT2D eigenvalue weighted by atomic mass is 16.6. The van der Waals surface area contributed by atoms with Gasteiger partial charge in [0.1, 0.15) is 12.6 Å². The number of methoxy groups -OCH3 is 10. The van der Waals surface area contributed by atoms with Crippen molar-refractivity contribution in [3.63, 3.8) is 0 Å². The number of fused-ring (bicyclic) bond motifs is 2. The normalized spacial score (nSPS) is 18.9. The van der Waals surface area contributed by atoms with Gasteiger partial charge < -0.3 is 65.8 Å². The number of allylic oxidation sites excluding steroid dienone is 2. The Labute approximate surface area is 438 Å².